The Morgan fingerprint density at radius 1 is 1.12 bits per heavy atom. The highest BCUT2D eigenvalue weighted by atomic mass is 35.5. The molecule has 24 heavy (non-hydrogen) atoms. The van der Waals surface area contributed by atoms with Gasteiger partial charge in [0.05, 0.1) is 17.0 Å². The van der Waals surface area contributed by atoms with Gasteiger partial charge in [-0.2, -0.15) is 15.2 Å². The fraction of sp³-hybridized carbons (Fsp3) is 0.176. The van der Waals surface area contributed by atoms with E-state index in [9.17, 15) is 0 Å². The van der Waals surface area contributed by atoms with Crippen LogP contribution in [0, 0.1) is 25.2 Å². The first-order valence-corrected chi connectivity index (χ1v) is 7.17. The molecule has 0 aliphatic carbocycles. The summed E-state index contributed by atoms with van der Waals surface area (Å²) in [5.74, 6) is 0.459. The third kappa shape index (κ3) is 3.07. The number of nitriles is 1. The molecule has 3 aromatic rings. The summed E-state index contributed by atoms with van der Waals surface area (Å²) in [6.07, 6.45) is 0.667. The lowest BCUT2D eigenvalue weighted by molar-refractivity contribution is 1.06. The number of aryl methyl sites for hydroxylation is 2. The monoisotopic (exact) mass is 340 g/mol. The average molecular weight is 341 g/mol. The van der Waals surface area contributed by atoms with Crippen LogP contribution in [0.2, 0.25) is 0 Å². The van der Waals surface area contributed by atoms with E-state index < -0.39 is 0 Å². The molecule has 0 saturated heterocycles. The van der Waals surface area contributed by atoms with Crippen molar-refractivity contribution < 1.29 is 0 Å². The fourth-order valence-corrected chi connectivity index (χ4v) is 2.79. The molecular formula is C17H17ClN6. The first-order valence-electron chi connectivity index (χ1n) is 7.17. The van der Waals surface area contributed by atoms with Gasteiger partial charge in [-0.05, 0) is 49.1 Å². The van der Waals surface area contributed by atoms with E-state index in [0.29, 0.717) is 23.4 Å². The van der Waals surface area contributed by atoms with E-state index >= 15 is 0 Å². The Kier molecular flexibility index (Phi) is 4.86. The Morgan fingerprint density at radius 2 is 1.88 bits per heavy atom. The van der Waals surface area contributed by atoms with E-state index in [0.717, 1.165) is 27.8 Å². The Morgan fingerprint density at radius 3 is 2.58 bits per heavy atom. The number of hydrogen-bond donors (Lipinski definition) is 2. The molecule has 0 aliphatic rings. The normalized spacial score (nSPS) is 10.2. The molecular weight excluding hydrogens is 324 g/mol. The number of rotatable bonds is 2. The zero-order chi connectivity index (χ0) is 16.6. The van der Waals surface area contributed by atoms with Crippen LogP contribution >= 0.6 is 12.4 Å². The van der Waals surface area contributed by atoms with E-state index in [2.05, 4.69) is 21.0 Å². The Bertz CT molecular complexity index is 961. The maximum absolute atomic E-state index is 9.03. The predicted molar refractivity (Wildman–Crippen MR) is 96.8 cm³/mol. The van der Waals surface area contributed by atoms with Crippen LogP contribution in [0.1, 0.15) is 27.9 Å². The van der Waals surface area contributed by atoms with Gasteiger partial charge in [0.15, 0.2) is 5.65 Å². The standard InChI is InChI=1S/C17H16N6.ClH/c1-9-13(7-11-4-3-5-12(6-11)8-18)10(2)21-16-14(9)15(19)22-17(20)23-16;/h3-6H,7H2,1-2H3,(H4,19,20,21,22,23);1H. The number of hydrogen-bond acceptors (Lipinski definition) is 6. The summed E-state index contributed by atoms with van der Waals surface area (Å²) < 4.78 is 0. The second kappa shape index (κ2) is 6.69. The molecule has 122 valence electrons. The Hall–Kier alpha value is -2.91. The minimum Gasteiger partial charge on any atom is -0.383 e. The quantitative estimate of drug-likeness (QED) is 0.741. The highest BCUT2D eigenvalue weighted by Gasteiger charge is 2.14. The van der Waals surface area contributed by atoms with Gasteiger partial charge in [-0.15, -0.1) is 12.4 Å². The number of nitrogens with zero attached hydrogens (tertiary/aromatic N) is 4. The van der Waals surface area contributed by atoms with Gasteiger partial charge in [-0.1, -0.05) is 12.1 Å². The minimum atomic E-state index is 0. The van der Waals surface area contributed by atoms with Crippen LogP contribution in [-0.2, 0) is 6.42 Å². The maximum atomic E-state index is 9.03. The molecule has 3 rings (SSSR count). The van der Waals surface area contributed by atoms with Crippen molar-refractivity contribution in [1.82, 2.24) is 15.0 Å². The molecule has 6 nitrogen and oxygen atoms in total. The van der Waals surface area contributed by atoms with Crippen LogP contribution < -0.4 is 11.5 Å². The van der Waals surface area contributed by atoms with Crippen LogP contribution in [0.3, 0.4) is 0 Å². The molecule has 0 unspecified atom stereocenters. The zero-order valence-corrected chi connectivity index (χ0v) is 14.2. The summed E-state index contributed by atoms with van der Waals surface area (Å²) in [4.78, 5) is 12.7. The number of nitrogens with two attached hydrogens (primary N) is 2. The molecule has 0 aliphatic heterocycles. The molecule has 0 bridgehead atoms. The molecule has 0 radical (unpaired) electrons. The van der Waals surface area contributed by atoms with E-state index in [1.54, 1.807) is 6.07 Å². The van der Waals surface area contributed by atoms with Crippen molar-refractivity contribution in [2.45, 2.75) is 20.3 Å². The first-order chi connectivity index (χ1) is 11.0. The van der Waals surface area contributed by atoms with Crippen molar-refractivity contribution >= 4 is 35.2 Å². The molecule has 0 spiro atoms. The summed E-state index contributed by atoms with van der Waals surface area (Å²) >= 11 is 0. The molecule has 0 fully saturated rings. The van der Waals surface area contributed by atoms with Crippen molar-refractivity contribution in [2.75, 3.05) is 11.5 Å². The zero-order valence-electron chi connectivity index (χ0n) is 13.4. The van der Waals surface area contributed by atoms with Gasteiger partial charge in [0.2, 0.25) is 5.95 Å². The molecule has 1 aromatic carbocycles. The van der Waals surface area contributed by atoms with Gasteiger partial charge in [0.25, 0.3) is 0 Å². The molecule has 7 heteroatoms. The molecule has 2 heterocycles. The number of pyridine rings is 1. The smallest absolute Gasteiger partial charge is 0.224 e. The lowest BCUT2D eigenvalue weighted by Gasteiger charge is -2.13. The van der Waals surface area contributed by atoms with Crippen molar-refractivity contribution in [3.63, 3.8) is 0 Å². The lowest BCUT2D eigenvalue weighted by atomic mass is 9.96. The van der Waals surface area contributed by atoms with Crippen LogP contribution in [0.5, 0.6) is 0 Å². The Balaban J connectivity index is 0.00000208. The highest BCUT2D eigenvalue weighted by Crippen LogP contribution is 2.27. The average Bonchev–Trinajstić information content (AvgIpc) is 2.50. The SMILES string of the molecule is Cc1nc2nc(N)nc(N)c2c(C)c1Cc1cccc(C#N)c1.Cl. The summed E-state index contributed by atoms with van der Waals surface area (Å²) in [7, 11) is 0. The molecule has 4 N–H and O–H groups in total. The number of benzene rings is 1. The van der Waals surface area contributed by atoms with Crippen LogP contribution in [-0.4, -0.2) is 15.0 Å². The molecule has 2 aromatic heterocycles. The number of anilines is 2. The maximum Gasteiger partial charge on any atom is 0.224 e. The van der Waals surface area contributed by atoms with Crippen molar-refractivity contribution in [3.8, 4) is 6.07 Å². The van der Waals surface area contributed by atoms with E-state index in [1.165, 1.54) is 0 Å². The fourth-order valence-electron chi connectivity index (χ4n) is 2.79. The van der Waals surface area contributed by atoms with E-state index in [-0.39, 0.29) is 18.4 Å². The third-order valence-corrected chi connectivity index (χ3v) is 3.91. The predicted octanol–water partition coefficient (Wildman–Crippen LogP) is 2.69. The van der Waals surface area contributed by atoms with Crippen LogP contribution in [0.25, 0.3) is 11.0 Å². The number of fused-ring (bicyclic) bond motifs is 1. The van der Waals surface area contributed by atoms with Crippen LogP contribution in [0.4, 0.5) is 11.8 Å². The van der Waals surface area contributed by atoms with Crippen molar-refractivity contribution in [2.24, 2.45) is 0 Å². The van der Waals surface area contributed by atoms with Gasteiger partial charge < -0.3 is 11.5 Å². The second-order valence-electron chi connectivity index (χ2n) is 5.46. The van der Waals surface area contributed by atoms with E-state index in [1.807, 2.05) is 32.0 Å². The lowest BCUT2D eigenvalue weighted by Crippen LogP contribution is -2.07. The summed E-state index contributed by atoms with van der Waals surface area (Å²) in [5.41, 5.74) is 16.8. The number of halogens is 1. The molecule has 0 amide bonds. The van der Waals surface area contributed by atoms with Crippen molar-refractivity contribution in [3.05, 3.63) is 52.2 Å². The van der Waals surface area contributed by atoms with E-state index in [4.69, 9.17) is 16.7 Å². The van der Waals surface area contributed by atoms with Crippen LogP contribution in [0.15, 0.2) is 24.3 Å². The second-order valence-corrected chi connectivity index (χ2v) is 5.46. The van der Waals surface area contributed by atoms with Gasteiger partial charge in [0, 0.05) is 5.69 Å². The summed E-state index contributed by atoms with van der Waals surface area (Å²) in [6, 6.07) is 9.70. The summed E-state index contributed by atoms with van der Waals surface area (Å²) in [6.45, 7) is 3.92. The Labute approximate surface area is 146 Å². The topological polar surface area (TPSA) is 114 Å². The highest BCUT2D eigenvalue weighted by molar-refractivity contribution is 5.90. The molecule has 0 atom stereocenters. The number of nitrogen functional groups attached to an aromatic ring is 2. The van der Waals surface area contributed by atoms with Crippen molar-refractivity contribution in [1.29, 1.82) is 5.26 Å². The van der Waals surface area contributed by atoms with Gasteiger partial charge in [0.1, 0.15) is 5.82 Å². The third-order valence-electron chi connectivity index (χ3n) is 3.91. The van der Waals surface area contributed by atoms with Gasteiger partial charge in [-0.3, -0.25) is 0 Å². The van der Waals surface area contributed by atoms with Gasteiger partial charge in [-0.25, -0.2) is 4.98 Å². The van der Waals surface area contributed by atoms with Gasteiger partial charge >= 0.3 is 0 Å². The first kappa shape index (κ1) is 17.4. The molecule has 0 saturated carbocycles. The largest absolute Gasteiger partial charge is 0.383 e. The number of aromatic nitrogens is 3. The minimum absolute atomic E-state index is 0. The summed E-state index contributed by atoms with van der Waals surface area (Å²) in [5, 5.41) is 9.77.